The summed E-state index contributed by atoms with van der Waals surface area (Å²) >= 11 is 6.21. The normalized spacial score (nSPS) is 19.8. The van der Waals surface area contributed by atoms with Gasteiger partial charge in [0.25, 0.3) is 0 Å². The van der Waals surface area contributed by atoms with E-state index < -0.39 is 6.09 Å². The number of halogens is 1. The number of benzene rings is 1. The van der Waals surface area contributed by atoms with Gasteiger partial charge in [0.2, 0.25) is 0 Å². The van der Waals surface area contributed by atoms with E-state index in [9.17, 15) is 4.79 Å². The molecule has 1 unspecified atom stereocenters. The SMILES string of the molecule is CN(C(=O)O)c1ccc(Cl)c(C2COCCCN2)c1. The molecule has 1 amide bonds. The molecular formula is C13H17ClN2O3. The van der Waals surface area contributed by atoms with Gasteiger partial charge in [0.05, 0.1) is 12.6 Å². The van der Waals surface area contributed by atoms with Gasteiger partial charge in [-0.25, -0.2) is 4.79 Å². The molecule has 2 rings (SSSR count). The second kappa shape index (κ2) is 6.23. The summed E-state index contributed by atoms with van der Waals surface area (Å²) in [4.78, 5) is 12.1. The van der Waals surface area contributed by atoms with Gasteiger partial charge >= 0.3 is 6.09 Å². The number of nitrogens with one attached hydrogen (secondary N) is 1. The Bertz CT molecular complexity index is 459. The molecule has 0 bridgehead atoms. The molecular weight excluding hydrogens is 268 g/mol. The summed E-state index contributed by atoms with van der Waals surface area (Å²) < 4.78 is 5.51. The molecule has 5 nitrogen and oxygen atoms in total. The maximum absolute atomic E-state index is 11.0. The van der Waals surface area contributed by atoms with Gasteiger partial charge in [-0.2, -0.15) is 0 Å². The van der Waals surface area contributed by atoms with Crippen LogP contribution in [0.25, 0.3) is 0 Å². The molecule has 2 N–H and O–H groups in total. The van der Waals surface area contributed by atoms with Crippen LogP contribution < -0.4 is 10.2 Å². The minimum atomic E-state index is -1.00. The predicted molar refractivity (Wildman–Crippen MR) is 74.1 cm³/mol. The lowest BCUT2D eigenvalue weighted by molar-refractivity contribution is 0.131. The van der Waals surface area contributed by atoms with E-state index in [0.717, 1.165) is 30.0 Å². The first-order chi connectivity index (χ1) is 9.09. The van der Waals surface area contributed by atoms with Crippen LogP contribution in [0.4, 0.5) is 10.5 Å². The fourth-order valence-corrected chi connectivity index (χ4v) is 2.28. The number of nitrogens with zero attached hydrogens (tertiary/aromatic N) is 1. The third kappa shape index (κ3) is 3.37. The molecule has 1 aromatic rings. The highest BCUT2D eigenvalue weighted by Crippen LogP contribution is 2.28. The van der Waals surface area contributed by atoms with Crippen LogP contribution in [0.2, 0.25) is 5.02 Å². The lowest BCUT2D eigenvalue weighted by Crippen LogP contribution is -2.26. The van der Waals surface area contributed by atoms with Crippen molar-refractivity contribution in [3.8, 4) is 0 Å². The zero-order valence-electron chi connectivity index (χ0n) is 10.7. The molecule has 0 saturated carbocycles. The molecule has 1 fully saturated rings. The second-order valence-corrected chi connectivity index (χ2v) is 4.89. The van der Waals surface area contributed by atoms with Crippen LogP contribution in [-0.4, -0.2) is 38.0 Å². The summed E-state index contributed by atoms with van der Waals surface area (Å²) in [6.45, 7) is 2.13. The van der Waals surface area contributed by atoms with Crippen LogP contribution in [0, 0.1) is 0 Å². The minimum absolute atomic E-state index is 0.00264. The van der Waals surface area contributed by atoms with Crippen LogP contribution in [0.5, 0.6) is 0 Å². The Morgan fingerprint density at radius 3 is 3.11 bits per heavy atom. The summed E-state index contributed by atoms with van der Waals surface area (Å²) in [6.07, 6.45) is -0.0404. The Kier molecular flexibility index (Phi) is 4.63. The standard InChI is InChI=1S/C13H17ClN2O3/c1-16(13(17)18)9-3-4-11(14)10(7-9)12-8-19-6-2-5-15-12/h3-4,7,12,15H,2,5-6,8H2,1H3,(H,17,18). The van der Waals surface area contributed by atoms with E-state index in [1.165, 1.54) is 7.05 Å². The van der Waals surface area contributed by atoms with E-state index in [1.807, 2.05) is 0 Å². The monoisotopic (exact) mass is 284 g/mol. The Hall–Kier alpha value is -1.30. The molecule has 1 aliphatic heterocycles. The third-order valence-electron chi connectivity index (χ3n) is 3.17. The van der Waals surface area contributed by atoms with Gasteiger partial charge < -0.3 is 15.2 Å². The van der Waals surface area contributed by atoms with Gasteiger partial charge in [0, 0.05) is 24.4 Å². The molecule has 1 aliphatic rings. The maximum Gasteiger partial charge on any atom is 0.411 e. The van der Waals surface area contributed by atoms with E-state index in [4.69, 9.17) is 21.4 Å². The van der Waals surface area contributed by atoms with Crippen molar-refractivity contribution in [2.45, 2.75) is 12.5 Å². The van der Waals surface area contributed by atoms with Gasteiger partial charge in [-0.15, -0.1) is 0 Å². The summed E-state index contributed by atoms with van der Waals surface area (Å²) in [6, 6.07) is 5.20. The quantitative estimate of drug-likeness (QED) is 0.876. The van der Waals surface area contributed by atoms with Crippen molar-refractivity contribution in [3.63, 3.8) is 0 Å². The predicted octanol–water partition coefficient (Wildman–Crippen LogP) is 2.51. The van der Waals surface area contributed by atoms with E-state index in [-0.39, 0.29) is 6.04 Å². The summed E-state index contributed by atoms with van der Waals surface area (Å²) in [5.74, 6) is 0. The number of amides is 1. The molecule has 0 aromatic heterocycles. The molecule has 1 saturated heterocycles. The first-order valence-corrected chi connectivity index (χ1v) is 6.54. The molecule has 1 aromatic carbocycles. The van der Waals surface area contributed by atoms with Crippen molar-refractivity contribution >= 4 is 23.4 Å². The maximum atomic E-state index is 11.0. The van der Waals surface area contributed by atoms with E-state index in [0.29, 0.717) is 17.3 Å². The molecule has 6 heteroatoms. The number of ether oxygens (including phenoxy) is 1. The lowest BCUT2D eigenvalue weighted by atomic mass is 10.1. The molecule has 19 heavy (non-hydrogen) atoms. The molecule has 0 aliphatic carbocycles. The molecule has 0 spiro atoms. The summed E-state index contributed by atoms with van der Waals surface area (Å²) in [7, 11) is 1.51. The first kappa shape index (κ1) is 14.1. The Morgan fingerprint density at radius 2 is 2.37 bits per heavy atom. The Morgan fingerprint density at radius 1 is 1.58 bits per heavy atom. The van der Waals surface area contributed by atoms with Gasteiger partial charge in [0.1, 0.15) is 0 Å². The van der Waals surface area contributed by atoms with Crippen LogP contribution in [-0.2, 0) is 4.74 Å². The van der Waals surface area contributed by atoms with Gasteiger partial charge in [-0.3, -0.25) is 4.90 Å². The Balaban J connectivity index is 2.28. The largest absolute Gasteiger partial charge is 0.465 e. The topological polar surface area (TPSA) is 61.8 Å². The van der Waals surface area contributed by atoms with Crippen LogP contribution in [0.15, 0.2) is 18.2 Å². The van der Waals surface area contributed by atoms with E-state index >= 15 is 0 Å². The van der Waals surface area contributed by atoms with Crippen molar-refractivity contribution in [3.05, 3.63) is 28.8 Å². The highest BCUT2D eigenvalue weighted by molar-refractivity contribution is 6.31. The number of hydrogen-bond acceptors (Lipinski definition) is 3. The lowest BCUT2D eigenvalue weighted by Gasteiger charge is -2.20. The second-order valence-electron chi connectivity index (χ2n) is 4.48. The number of hydrogen-bond donors (Lipinski definition) is 2. The van der Waals surface area contributed by atoms with Gasteiger partial charge in [-0.05, 0) is 36.7 Å². The number of rotatable bonds is 2. The average molecular weight is 285 g/mol. The average Bonchev–Trinajstić information content (AvgIpc) is 2.67. The van der Waals surface area contributed by atoms with Crippen molar-refractivity contribution in [1.82, 2.24) is 5.32 Å². The van der Waals surface area contributed by atoms with Crippen LogP contribution in [0.3, 0.4) is 0 Å². The number of carbonyl (C=O) groups is 1. The summed E-state index contributed by atoms with van der Waals surface area (Å²) in [5, 5.41) is 13.0. The van der Waals surface area contributed by atoms with E-state index in [2.05, 4.69) is 5.32 Å². The van der Waals surface area contributed by atoms with E-state index in [1.54, 1.807) is 18.2 Å². The van der Waals surface area contributed by atoms with Crippen molar-refractivity contribution in [2.24, 2.45) is 0 Å². The highest BCUT2D eigenvalue weighted by atomic mass is 35.5. The number of anilines is 1. The van der Waals surface area contributed by atoms with Crippen LogP contribution >= 0.6 is 11.6 Å². The van der Waals surface area contributed by atoms with Crippen molar-refractivity contribution < 1.29 is 14.6 Å². The zero-order valence-corrected chi connectivity index (χ0v) is 11.5. The molecule has 0 radical (unpaired) electrons. The molecule has 104 valence electrons. The fourth-order valence-electron chi connectivity index (χ4n) is 2.03. The highest BCUT2D eigenvalue weighted by Gasteiger charge is 2.19. The van der Waals surface area contributed by atoms with Crippen molar-refractivity contribution in [2.75, 3.05) is 31.7 Å². The van der Waals surface area contributed by atoms with Crippen LogP contribution in [0.1, 0.15) is 18.0 Å². The Labute approximate surface area is 117 Å². The smallest absolute Gasteiger partial charge is 0.411 e. The fraction of sp³-hybridized carbons (Fsp3) is 0.462. The summed E-state index contributed by atoms with van der Waals surface area (Å²) in [5.41, 5.74) is 1.46. The van der Waals surface area contributed by atoms with Gasteiger partial charge in [-0.1, -0.05) is 11.6 Å². The molecule has 1 atom stereocenters. The number of carboxylic acid groups (broad SMARTS) is 1. The minimum Gasteiger partial charge on any atom is -0.465 e. The molecule has 1 heterocycles. The van der Waals surface area contributed by atoms with Gasteiger partial charge in [0.15, 0.2) is 0 Å². The first-order valence-electron chi connectivity index (χ1n) is 6.17. The third-order valence-corrected chi connectivity index (χ3v) is 3.51. The zero-order chi connectivity index (χ0) is 13.8. The van der Waals surface area contributed by atoms with Crippen molar-refractivity contribution in [1.29, 1.82) is 0 Å².